The van der Waals surface area contributed by atoms with Crippen LogP contribution in [0.2, 0.25) is 0 Å². The van der Waals surface area contributed by atoms with Gasteiger partial charge in [-0.05, 0) is 55.9 Å². The van der Waals surface area contributed by atoms with E-state index in [1.807, 2.05) is 18.4 Å². The van der Waals surface area contributed by atoms with Crippen molar-refractivity contribution in [1.82, 2.24) is 9.55 Å². The average Bonchev–Trinajstić information content (AvgIpc) is 2.79. The van der Waals surface area contributed by atoms with Crippen LogP contribution in [0.3, 0.4) is 0 Å². The van der Waals surface area contributed by atoms with Crippen molar-refractivity contribution in [2.75, 3.05) is 0 Å². The molecule has 0 aliphatic rings. The van der Waals surface area contributed by atoms with Crippen LogP contribution in [-0.4, -0.2) is 20.6 Å². The van der Waals surface area contributed by atoms with E-state index in [4.69, 9.17) is 4.98 Å². The molecule has 1 atom stereocenters. The summed E-state index contributed by atoms with van der Waals surface area (Å²) in [5.74, 6) is 0.407. The summed E-state index contributed by atoms with van der Waals surface area (Å²) in [5, 5.41) is 9.80. The standard InChI is InChI=1S/C19H28N2O2/c1-7-14(8-2)18-20-15-9-12(5)13(6)10-16(15)21(18)17(11(3)4)19(22)23/h9-11,14,17H,7-8H2,1-6H3,(H,22,23). The number of aliphatic carboxylic acids is 1. The molecule has 0 fully saturated rings. The highest BCUT2D eigenvalue weighted by atomic mass is 16.4. The molecule has 0 saturated heterocycles. The zero-order valence-corrected chi connectivity index (χ0v) is 15.1. The van der Waals surface area contributed by atoms with Crippen LogP contribution in [-0.2, 0) is 4.79 Å². The molecular weight excluding hydrogens is 288 g/mol. The Morgan fingerprint density at radius 3 is 2.22 bits per heavy atom. The van der Waals surface area contributed by atoms with Gasteiger partial charge in [-0.2, -0.15) is 0 Å². The first-order valence-corrected chi connectivity index (χ1v) is 8.53. The molecule has 0 aliphatic heterocycles. The summed E-state index contributed by atoms with van der Waals surface area (Å²) in [4.78, 5) is 16.8. The third-order valence-corrected chi connectivity index (χ3v) is 4.85. The van der Waals surface area contributed by atoms with Crippen LogP contribution in [0.5, 0.6) is 0 Å². The smallest absolute Gasteiger partial charge is 0.327 e. The molecule has 0 aliphatic carbocycles. The number of carbonyl (C=O) groups is 1. The van der Waals surface area contributed by atoms with Crippen LogP contribution < -0.4 is 0 Å². The summed E-state index contributed by atoms with van der Waals surface area (Å²) in [5.41, 5.74) is 4.20. The molecule has 4 heteroatoms. The van der Waals surface area contributed by atoms with Gasteiger partial charge in [-0.25, -0.2) is 9.78 Å². The second-order valence-electron chi connectivity index (χ2n) is 6.81. The maximum absolute atomic E-state index is 11.9. The van der Waals surface area contributed by atoms with Crippen LogP contribution in [0.15, 0.2) is 12.1 Å². The largest absolute Gasteiger partial charge is 0.480 e. The van der Waals surface area contributed by atoms with Gasteiger partial charge in [0.15, 0.2) is 0 Å². The van der Waals surface area contributed by atoms with E-state index in [1.165, 1.54) is 11.1 Å². The Bertz CT molecular complexity index is 712. The van der Waals surface area contributed by atoms with Gasteiger partial charge in [0.2, 0.25) is 0 Å². The van der Waals surface area contributed by atoms with Gasteiger partial charge in [-0.15, -0.1) is 0 Å². The number of aromatic nitrogens is 2. The predicted molar refractivity (Wildman–Crippen MR) is 94.0 cm³/mol. The van der Waals surface area contributed by atoms with Crippen molar-refractivity contribution in [2.45, 2.75) is 66.3 Å². The molecule has 2 rings (SSSR count). The van der Waals surface area contributed by atoms with Crippen LogP contribution in [0.4, 0.5) is 0 Å². The van der Waals surface area contributed by atoms with Gasteiger partial charge in [0.25, 0.3) is 0 Å². The van der Waals surface area contributed by atoms with Crippen molar-refractivity contribution in [3.63, 3.8) is 0 Å². The van der Waals surface area contributed by atoms with E-state index in [1.54, 1.807) is 0 Å². The number of benzene rings is 1. The van der Waals surface area contributed by atoms with Crippen molar-refractivity contribution in [3.05, 3.63) is 29.1 Å². The molecule has 0 spiro atoms. The highest BCUT2D eigenvalue weighted by Gasteiger charge is 2.30. The number of carboxylic acids is 1. The molecule has 0 amide bonds. The second-order valence-corrected chi connectivity index (χ2v) is 6.81. The Kier molecular flexibility index (Phi) is 5.12. The molecule has 1 heterocycles. The number of rotatable bonds is 6. The first kappa shape index (κ1) is 17.5. The molecule has 4 nitrogen and oxygen atoms in total. The lowest BCUT2D eigenvalue weighted by atomic mass is 9.99. The number of carboxylic acid groups (broad SMARTS) is 1. The van der Waals surface area contributed by atoms with Gasteiger partial charge in [-0.1, -0.05) is 27.7 Å². The van der Waals surface area contributed by atoms with Gasteiger partial charge in [-0.3, -0.25) is 0 Å². The highest BCUT2D eigenvalue weighted by molar-refractivity contribution is 5.82. The molecule has 2 aromatic rings. The molecule has 0 bridgehead atoms. The van der Waals surface area contributed by atoms with E-state index in [9.17, 15) is 9.90 Å². The summed E-state index contributed by atoms with van der Waals surface area (Å²) in [7, 11) is 0. The van der Waals surface area contributed by atoms with Crippen molar-refractivity contribution in [3.8, 4) is 0 Å². The van der Waals surface area contributed by atoms with Gasteiger partial charge in [0, 0.05) is 5.92 Å². The van der Waals surface area contributed by atoms with Crippen molar-refractivity contribution < 1.29 is 9.90 Å². The number of fused-ring (bicyclic) bond motifs is 1. The fourth-order valence-electron chi connectivity index (χ4n) is 3.30. The summed E-state index contributed by atoms with van der Waals surface area (Å²) in [6.07, 6.45) is 1.92. The fourth-order valence-corrected chi connectivity index (χ4v) is 3.30. The fraction of sp³-hybridized carbons (Fsp3) is 0.579. The van der Waals surface area contributed by atoms with E-state index in [-0.39, 0.29) is 11.8 Å². The monoisotopic (exact) mass is 316 g/mol. The van der Waals surface area contributed by atoms with E-state index >= 15 is 0 Å². The Hall–Kier alpha value is -1.84. The van der Waals surface area contributed by atoms with E-state index in [2.05, 4.69) is 39.8 Å². The third-order valence-electron chi connectivity index (χ3n) is 4.85. The minimum Gasteiger partial charge on any atom is -0.480 e. The van der Waals surface area contributed by atoms with Crippen molar-refractivity contribution in [1.29, 1.82) is 0 Å². The summed E-state index contributed by atoms with van der Waals surface area (Å²) in [6, 6.07) is 3.58. The zero-order chi connectivity index (χ0) is 17.3. The number of nitrogens with zero attached hydrogens (tertiary/aromatic N) is 2. The van der Waals surface area contributed by atoms with E-state index in [0.717, 1.165) is 29.7 Å². The lowest BCUT2D eigenvalue weighted by molar-refractivity contribution is -0.142. The Morgan fingerprint density at radius 2 is 1.74 bits per heavy atom. The highest BCUT2D eigenvalue weighted by Crippen LogP contribution is 2.33. The first-order chi connectivity index (χ1) is 10.8. The summed E-state index contributed by atoms with van der Waals surface area (Å²) >= 11 is 0. The van der Waals surface area contributed by atoms with Crippen molar-refractivity contribution in [2.24, 2.45) is 5.92 Å². The number of imidazole rings is 1. The molecular formula is C19H28N2O2. The SMILES string of the molecule is CCC(CC)c1nc2cc(C)c(C)cc2n1C(C(=O)O)C(C)C. The predicted octanol–water partition coefficient (Wildman–Crippen LogP) is 4.84. The zero-order valence-electron chi connectivity index (χ0n) is 15.1. The van der Waals surface area contributed by atoms with Gasteiger partial charge in [0.05, 0.1) is 11.0 Å². The second kappa shape index (κ2) is 6.73. The van der Waals surface area contributed by atoms with Crippen LogP contribution in [0.1, 0.15) is 69.4 Å². The Balaban J connectivity index is 2.83. The van der Waals surface area contributed by atoms with E-state index < -0.39 is 12.0 Å². The van der Waals surface area contributed by atoms with E-state index in [0.29, 0.717) is 0 Å². The molecule has 0 saturated carbocycles. The number of hydrogen-bond donors (Lipinski definition) is 1. The Morgan fingerprint density at radius 1 is 1.17 bits per heavy atom. The topological polar surface area (TPSA) is 55.1 Å². The minimum atomic E-state index is -0.787. The summed E-state index contributed by atoms with van der Waals surface area (Å²) in [6.45, 7) is 12.3. The quantitative estimate of drug-likeness (QED) is 0.829. The Labute approximate surface area is 138 Å². The lowest BCUT2D eigenvalue weighted by Gasteiger charge is -2.24. The normalized spacial score (nSPS) is 13.2. The van der Waals surface area contributed by atoms with Gasteiger partial charge < -0.3 is 9.67 Å². The number of hydrogen-bond acceptors (Lipinski definition) is 2. The molecule has 1 unspecified atom stereocenters. The number of aryl methyl sites for hydroxylation is 2. The molecule has 23 heavy (non-hydrogen) atoms. The average molecular weight is 316 g/mol. The van der Waals surface area contributed by atoms with Crippen LogP contribution in [0, 0.1) is 19.8 Å². The van der Waals surface area contributed by atoms with Gasteiger partial charge >= 0.3 is 5.97 Å². The van der Waals surface area contributed by atoms with Crippen molar-refractivity contribution >= 4 is 17.0 Å². The first-order valence-electron chi connectivity index (χ1n) is 8.53. The molecule has 1 aromatic heterocycles. The van der Waals surface area contributed by atoms with Gasteiger partial charge in [0.1, 0.15) is 11.9 Å². The minimum absolute atomic E-state index is 0.000351. The van der Waals surface area contributed by atoms with Crippen LogP contribution >= 0.6 is 0 Å². The maximum Gasteiger partial charge on any atom is 0.327 e. The summed E-state index contributed by atoms with van der Waals surface area (Å²) < 4.78 is 1.98. The molecule has 1 N–H and O–H groups in total. The van der Waals surface area contributed by atoms with Crippen LogP contribution in [0.25, 0.3) is 11.0 Å². The maximum atomic E-state index is 11.9. The third kappa shape index (κ3) is 3.12. The molecule has 1 aromatic carbocycles. The molecule has 0 radical (unpaired) electrons. The lowest BCUT2D eigenvalue weighted by Crippen LogP contribution is -2.26. The molecule has 126 valence electrons.